The molecule has 2 N–H and O–H groups in total. The van der Waals surface area contributed by atoms with Crippen molar-refractivity contribution < 1.29 is 9.59 Å². The minimum atomic E-state index is -0.443. The summed E-state index contributed by atoms with van der Waals surface area (Å²) in [6.45, 7) is 8.38. The second kappa shape index (κ2) is 9.04. The van der Waals surface area contributed by atoms with Gasteiger partial charge in [0.15, 0.2) is 0 Å². The van der Waals surface area contributed by atoms with Gasteiger partial charge in [-0.25, -0.2) is 0 Å². The first-order chi connectivity index (χ1) is 12.4. The van der Waals surface area contributed by atoms with Crippen molar-refractivity contribution in [2.45, 2.75) is 33.2 Å². The van der Waals surface area contributed by atoms with Gasteiger partial charge in [-0.3, -0.25) is 9.59 Å². The molecule has 0 bridgehead atoms. The highest BCUT2D eigenvalue weighted by Crippen LogP contribution is 2.31. The highest BCUT2D eigenvalue weighted by Gasteiger charge is 2.29. The van der Waals surface area contributed by atoms with E-state index >= 15 is 0 Å². The van der Waals surface area contributed by atoms with Gasteiger partial charge < -0.3 is 15.5 Å². The molecule has 2 aromatic rings. The van der Waals surface area contributed by atoms with Gasteiger partial charge in [-0.05, 0) is 36.3 Å². The average Bonchev–Trinajstić information content (AvgIpc) is 2.97. The van der Waals surface area contributed by atoms with Gasteiger partial charge in [0.2, 0.25) is 5.91 Å². The molecule has 1 aliphatic rings. The maximum atomic E-state index is 13.0. The third-order valence-electron chi connectivity index (χ3n) is 4.96. The molecule has 148 valence electrons. The van der Waals surface area contributed by atoms with Gasteiger partial charge in [-0.15, -0.1) is 23.7 Å². The maximum absolute atomic E-state index is 13.0. The van der Waals surface area contributed by atoms with E-state index in [0.717, 1.165) is 20.5 Å². The monoisotopic (exact) mass is 409 g/mol. The Balaban J connectivity index is 0.00000261. The number of halogens is 1. The number of hydrogen-bond acceptors (Lipinski definition) is 4. The molecule has 0 aliphatic carbocycles. The average molecular weight is 410 g/mol. The molecular weight excluding hydrogens is 382 g/mol. The van der Waals surface area contributed by atoms with Crippen LogP contribution < -0.4 is 5.73 Å². The molecule has 2 heterocycles. The van der Waals surface area contributed by atoms with E-state index in [4.69, 9.17) is 5.73 Å². The Morgan fingerprint density at radius 3 is 2.30 bits per heavy atom. The van der Waals surface area contributed by atoms with Crippen molar-refractivity contribution in [2.24, 2.45) is 11.7 Å². The summed E-state index contributed by atoms with van der Waals surface area (Å²) in [5.41, 5.74) is 7.08. The van der Waals surface area contributed by atoms with Crippen LogP contribution in [-0.2, 0) is 4.79 Å². The number of thiophene rings is 1. The molecule has 1 aromatic carbocycles. The number of hydrogen-bond donors (Lipinski definition) is 1. The molecule has 27 heavy (non-hydrogen) atoms. The number of nitrogens with two attached hydrogens (primary N) is 1. The fourth-order valence-corrected chi connectivity index (χ4v) is 4.67. The Kier molecular flexibility index (Phi) is 7.25. The van der Waals surface area contributed by atoms with Gasteiger partial charge in [-0.2, -0.15) is 0 Å². The van der Waals surface area contributed by atoms with Crippen LogP contribution in [0, 0.1) is 12.8 Å². The van der Waals surface area contributed by atoms with Crippen molar-refractivity contribution in [1.82, 2.24) is 9.80 Å². The molecule has 0 saturated carbocycles. The molecule has 2 amide bonds. The molecular formula is C20H28ClN3O2S. The first kappa shape index (κ1) is 21.7. The molecule has 7 heteroatoms. The molecule has 0 spiro atoms. The van der Waals surface area contributed by atoms with Crippen molar-refractivity contribution in [3.05, 3.63) is 34.7 Å². The molecule has 3 rings (SSSR count). The minimum Gasteiger partial charge on any atom is -0.338 e. The van der Waals surface area contributed by atoms with Gasteiger partial charge in [0.25, 0.3) is 5.91 Å². The first-order valence-electron chi connectivity index (χ1n) is 9.20. The van der Waals surface area contributed by atoms with Crippen LogP contribution in [0.5, 0.6) is 0 Å². The van der Waals surface area contributed by atoms with E-state index in [0.29, 0.717) is 38.5 Å². The van der Waals surface area contributed by atoms with Crippen molar-refractivity contribution in [1.29, 1.82) is 0 Å². The molecule has 1 fully saturated rings. The van der Waals surface area contributed by atoms with Gasteiger partial charge in [-0.1, -0.05) is 32.0 Å². The summed E-state index contributed by atoms with van der Waals surface area (Å²) in [7, 11) is 0. The largest absolute Gasteiger partial charge is 0.338 e. The van der Waals surface area contributed by atoms with Gasteiger partial charge in [0.1, 0.15) is 0 Å². The summed E-state index contributed by atoms with van der Waals surface area (Å²) in [6.07, 6.45) is 0.693. The number of piperazine rings is 1. The van der Waals surface area contributed by atoms with Crippen molar-refractivity contribution in [3.8, 4) is 0 Å². The van der Waals surface area contributed by atoms with Crippen LogP contribution in [0.15, 0.2) is 24.3 Å². The van der Waals surface area contributed by atoms with Gasteiger partial charge in [0.05, 0.1) is 10.9 Å². The quantitative estimate of drug-likeness (QED) is 0.842. The Hall–Kier alpha value is -1.63. The van der Waals surface area contributed by atoms with E-state index in [1.165, 1.54) is 0 Å². The summed E-state index contributed by atoms with van der Waals surface area (Å²) >= 11 is 1.55. The number of fused-ring (bicyclic) bond motifs is 1. The topological polar surface area (TPSA) is 66.6 Å². The van der Waals surface area contributed by atoms with Crippen LogP contribution in [0.2, 0.25) is 0 Å². The third-order valence-corrected chi connectivity index (χ3v) is 6.22. The van der Waals surface area contributed by atoms with Crippen LogP contribution in [0.1, 0.15) is 35.5 Å². The Morgan fingerprint density at radius 1 is 1.11 bits per heavy atom. The summed E-state index contributed by atoms with van der Waals surface area (Å²) in [5.74, 6) is 0.471. The number of benzene rings is 1. The van der Waals surface area contributed by atoms with Crippen molar-refractivity contribution >= 4 is 45.6 Å². The molecule has 0 radical (unpaired) electrons. The number of carbonyl (C=O) groups is 2. The number of amides is 2. The number of rotatable bonds is 4. The van der Waals surface area contributed by atoms with Crippen LogP contribution >= 0.6 is 23.7 Å². The minimum absolute atomic E-state index is 0. The SMILES string of the molecule is Cc1c(C(=O)N2CCN(C(=O)[C@@H](N)CC(C)C)CC2)sc2ccccc12.Cl. The number of nitrogens with zero attached hydrogens (tertiary/aromatic N) is 2. The van der Waals surface area contributed by atoms with Gasteiger partial charge >= 0.3 is 0 Å². The lowest BCUT2D eigenvalue weighted by Gasteiger charge is -2.36. The maximum Gasteiger partial charge on any atom is 0.264 e. The predicted octanol–water partition coefficient (Wildman–Crippen LogP) is 3.29. The highest BCUT2D eigenvalue weighted by atomic mass is 35.5. The van der Waals surface area contributed by atoms with E-state index in [1.807, 2.05) is 24.0 Å². The van der Waals surface area contributed by atoms with Crippen LogP contribution in [0.25, 0.3) is 10.1 Å². The Morgan fingerprint density at radius 2 is 1.70 bits per heavy atom. The van der Waals surface area contributed by atoms with E-state index < -0.39 is 6.04 Å². The van der Waals surface area contributed by atoms with Gasteiger partial charge in [0, 0.05) is 30.9 Å². The Labute approximate surface area is 170 Å². The zero-order valence-electron chi connectivity index (χ0n) is 16.1. The summed E-state index contributed by atoms with van der Waals surface area (Å²) in [5, 5.41) is 1.15. The molecule has 1 aromatic heterocycles. The van der Waals surface area contributed by atoms with E-state index in [2.05, 4.69) is 26.0 Å². The molecule has 1 atom stereocenters. The smallest absolute Gasteiger partial charge is 0.264 e. The second-order valence-electron chi connectivity index (χ2n) is 7.41. The predicted molar refractivity (Wildman–Crippen MR) is 114 cm³/mol. The van der Waals surface area contributed by atoms with Crippen molar-refractivity contribution in [2.75, 3.05) is 26.2 Å². The molecule has 5 nitrogen and oxygen atoms in total. The normalized spacial score (nSPS) is 15.7. The standard InChI is InChI=1S/C20H27N3O2S.ClH/c1-13(2)12-16(21)19(24)22-8-10-23(11-9-22)20(25)18-14(3)15-6-4-5-7-17(15)26-18;/h4-7,13,16H,8-12,21H2,1-3H3;1H/t16-;/m0./s1. The third kappa shape index (κ3) is 4.62. The molecule has 1 aliphatic heterocycles. The van der Waals surface area contributed by atoms with E-state index in [9.17, 15) is 9.59 Å². The van der Waals surface area contributed by atoms with Crippen LogP contribution in [0.4, 0.5) is 0 Å². The summed E-state index contributed by atoms with van der Waals surface area (Å²) in [4.78, 5) is 29.9. The lowest BCUT2D eigenvalue weighted by atomic mass is 10.0. The second-order valence-corrected chi connectivity index (χ2v) is 8.46. The van der Waals surface area contributed by atoms with E-state index in [-0.39, 0.29) is 24.2 Å². The highest BCUT2D eigenvalue weighted by molar-refractivity contribution is 7.21. The zero-order valence-corrected chi connectivity index (χ0v) is 17.7. The van der Waals surface area contributed by atoms with Crippen molar-refractivity contribution in [3.63, 3.8) is 0 Å². The lowest BCUT2D eigenvalue weighted by molar-refractivity contribution is -0.134. The van der Waals surface area contributed by atoms with Crippen LogP contribution in [-0.4, -0.2) is 53.8 Å². The summed E-state index contributed by atoms with van der Waals surface area (Å²) in [6, 6.07) is 7.67. The van der Waals surface area contributed by atoms with Crippen LogP contribution in [0.3, 0.4) is 0 Å². The van der Waals surface area contributed by atoms with E-state index in [1.54, 1.807) is 16.2 Å². The molecule has 1 saturated heterocycles. The lowest BCUT2D eigenvalue weighted by Crippen LogP contribution is -2.54. The zero-order chi connectivity index (χ0) is 18.8. The number of aryl methyl sites for hydroxylation is 1. The Bertz CT molecular complexity index is 813. The number of carbonyl (C=O) groups excluding carboxylic acids is 2. The fourth-order valence-electron chi connectivity index (χ4n) is 3.50. The first-order valence-corrected chi connectivity index (χ1v) is 10.0. The summed E-state index contributed by atoms with van der Waals surface area (Å²) < 4.78 is 1.14. The fraction of sp³-hybridized carbons (Fsp3) is 0.500. The molecule has 0 unspecified atom stereocenters.